The molecule has 0 spiro atoms. The molecule has 0 bridgehead atoms. The van der Waals surface area contributed by atoms with E-state index in [2.05, 4.69) is 0 Å². The maximum Gasteiger partial charge on any atom is 0.343 e. The highest BCUT2D eigenvalue weighted by Crippen LogP contribution is 2.21. The van der Waals surface area contributed by atoms with E-state index in [9.17, 15) is 13.2 Å². The van der Waals surface area contributed by atoms with Crippen molar-refractivity contribution >= 4 is 16.1 Å². The van der Waals surface area contributed by atoms with Crippen LogP contribution in [0.1, 0.15) is 15.9 Å². The van der Waals surface area contributed by atoms with E-state index >= 15 is 0 Å². The molecular weight excluding hydrogens is 280 g/mol. The summed E-state index contributed by atoms with van der Waals surface area (Å²) in [6, 6.07) is 14.5. The average Bonchev–Trinajstić information content (AvgIpc) is 2.40. The Labute approximate surface area is 116 Å². The van der Waals surface area contributed by atoms with Crippen molar-refractivity contribution in [1.82, 2.24) is 0 Å². The Morgan fingerprint density at radius 2 is 1.60 bits per heavy atom. The number of esters is 1. The van der Waals surface area contributed by atoms with Gasteiger partial charge in [0.15, 0.2) is 0 Å². The van der Waals surface area contributed by atoms with Crippen molar-refractivity contribution in [2.24, 2.45) is 0 Å². The van der Waals surface area contributed by atoms with Crippen LogP contribution in [0.5, 0.6) is 5.75 Å². The van der Waals surface area contributed by atoms with Gasteiger partial charge in [-0.25, -0.2) is 4.79 Å². The van der Waals surface area contributed by atoms with Crippen molar-refractivity contribution in [2.75, 3.05) is 0 Å². The highest BCUT2D eigenvalue weighted by molar-refractivity contribution is 7.85. The number of para-hydroxylation sites is 1. The highest BCUT2D eigenvalue weighted by Gasteiger charge is 2.15. The van der Waals surface area contributed by atoms with E-state index < -0.39 is 21.8 Å². The quantitative estimate of drug-likeness (QED) is 0.531. The van der Waals surface area contributed by atoms with Crippen LogP contribution in [0.3, 0.4) is 0 Å². The van der Waals surface area contributed by atoms with Gasteiger partial charge in [-0.1, -0.05) is 36.4 Å². The van der Waals surface area contributed by atoms with Crippen molar-refractivity contribution in [3.63, 3.8) is 0 Å². The molecule has 0 aliphatic rings. The maximum atomic E-state index is 11.9. The van der Waals surface area contributed by atoms with E-state index in [4.69, 9.17) is 9.29 Å². The minimum atomic E-state index is -4.19. The van der Waals surface area contributed by atoms with Crippen molar-refractivity contribution in [3.05, 3.63) is 65.7 Å². The second kappa shape index (κ2) is 5.85. The monoisotopic (exact) mass is 292 g/mol. The molecule has 0 fully saturated rings. The minimum Gasteiger partial charge on any atom is -0.423 e. The van der Waals surface area contributed by atoms with E-state index in [1.807, 2.05) is 0 Å². The molecule has 0 atom stereocenters. The Bertz CT molecular complexity index is 707. The van der Waals surface area contributed by atoms with Crippen molar-refractivity contribution in [1.29, 1.82) is 0 Å². The highest BCUT2D eigenvalue weighted by atomic mass is 32.2. The molecule has 0 saturated heterocycles. The van der Waals surface area contributed by atoms with Crippen LogP contribution in [0.2, 0.25) is 0 Å². The molecule has 0 aliphatic heterocycles. The number of carbonyl (C=O) groups is 1. The summed E-state index contributed by atoms with van der Waals surface area (Å²) in [6.07, 6.45) is 0. The zero-order valence-corrected chi connectivity index (χ0v) is 11.2. The number of benzene rings is 2. The summed E-state index contributed by atoms with van der Waals surface area (Å²) in [6.45, 7) is 0. The van der Waals surface area contributed by atoms with Crippen LogP contribution in [0, 0.1) is 0 Å². The summed E-state index contributed by atoms with van der Waals surface area (Å²) in [5, 5.41) is 0. The van der Waals surface area contributed by atoms with Gasteiger partial charge in [0.25, 0.3) is 10.1 Å². The third-order valence-corrected chi connectivity index (χ3v) is 3.20. The predicted molar refractivity (Wildman–Crippen MR) is 73.1 cm³/mol. The van der Waals surface area contributed by atoms with Gasteiger partial charge in [0.05, 0.1) is 5.56 Å². The van der Waals surface area contributed by atoms with Crippen molar-refractivity contribution < 1.29 is 22.5 Å². The molecule has 2 rings (SSSR count). The molecule has 5 nitrogen and oxygen atoms in total. The van der Waals surface area contributed by atoms with Crippen LogP contribution in [0.25, 0.3) is 0 Å². The molecule has 0 aromatic heterocycles. The van der Waals surface area contributed by atoms with Crippen LogP contribution in [-0.4, -0.2) is 18.9 Å². The molecule has 2 aromatic carbocycles. The Kier molecular flexibility index (Phi) is 4.16. The topological polar surface area (TPSA) is 80.7 Å². The van der Waals surface area contributed by atoms with Gasteiger partial charge in [0, 0.05) is 5.56 Å². The minimum absolute atomic E-state index is 0.110. The Balaban J connectivity index is 2.24. The number of carbonyl (C=O) groups excluding carboxylic acids is 1. The zero-order chi connectivity index (χ0) is 14.6. The SMILES string of the molecule is O=C(Oc1ccccc1CS(=O)(=O)O)c1ccccc1. The summed E-state index contributed by atoms with van der Waals surface area (Å²) in [5.41, 5.74) is 0.577. The fourth-order valence-electron chi connectivity index (χ4n) is 1.65. The summed E-state index contributed by atoms with van der Waals surface area (Å²) >= 11 is 0. The van der Waals surface area contributed by atoms with Gasteiger partial charge in [0.1, 0.15) is 11.5 Å². The first-order valence-corrected chi connectivity index (χ1v) is 7.37. The molecule has 0 unspecified atom stereocenters. The van der Waals surface area contributed by atoms with Crippen LogP contribution >= 0.6 is 0 Å². The number of hydrogen-bond acceptors (Lipinski definition) is 4. The number of rotatable bonds is 4. The lowest BCUT2D eigenvalue weighted by molar-refractivity contribution is 0.0733. The largest absolute Gasteiger partial charge is 0.423 e. The second-order valence-electron chi connectivity index (χ2n) is 4.09. The number of hydrogen-bond donors (Lipinski definition) is 1. The smallest absolute Gasteiger partial charge is 0.343 e. The van der Waals surface area contributed by atoms with Gasteiger partial charge >= 0.3 is 5.97 Å². The van der Waals surface area contributed by atoms with Crippen LogP contribution in [0.4, 0.5) is 0 Å². The van der Waals surface area contributed by atoms with Gasteiger partial charge in [-0.05, 0) is 18.2 Å². The maximum absolute atomic E-state index is 11.9. The fourth-order valence-corrected chi connectivity index (χ4v) is 2.28. The van der Waals surface area contributed by atoms with Gasteiger partial charge in [-0.2, -0.15) is 8.42 Å². The Morgan fingerprint density at radius 3 is 2.25 bits per heavy atom. The van der Waals surface area contributed by atoms with Crippen molar-refractivity contribution in [3.8, 4) is 5.75 Å². The molecule has 6 heteroatoms. The molecule has 0 aliphatic carbocycles. The normalized spacial score (nSPS) is 11.1. The van der Waals surface area contributed by atoms with Crippen molar-refractivity contribution in [2.45, 2.75) is 5.75 Å². The van der Waals surface area contributed by atoms with Crippen LogP contribution < -0.4 is 4.74 Å². The second-order valence-corrected chi connectivity index (χ2v) is 5.54. The third kappa shape index (κ3) is 3.91. The zero-order valence-electron chi connectivity index (χ0n) is 10.4. The van der Waals surface area contributed by atoms with Crippen LogP contribution in [0.15, 0.2) is 54.6 Å². The molecule has 104 valence electrons. The van der Waals surface area contributed by atoms with Gasteiger partial charge in [-0.15, -0.1) is 0 Å². The lowest BCUT2D eigenvalue weighted by Gasteiger charge is -2.08. The molecule has 0 amide bonds. The Hall–Kier alpha value is -2.18. The summed E-state index contributed by atoms with van der Waals surface area (Å²) < 4.78 is 35.9. The molecular formula is C14H12O5S. The van der Waals surface area contributed by atoms with E-state index in [0.29, 0.717) is 5.56 Å². The molecule has 20 heavy (non-hydrogen) atoms. The van der Waals surface area contributed by atoms with Crippen LogP contribution in [-0.2, 0) is 15.9 Å². The summed E-state index contributed by atoms with van der Waals surface area (Å²) in [4.78, 5) is 11.9. The van der Waals surface area contributed by atoms with E-state index in [1.165, 1.54) is 12.1 Å². The molecule has 0 saturated carbocycles. The summed E-state index contributed by atoms with van der Waals surface area (Å²) in [5.74, 6) is -1.09. The predicted octanol–water partition coefficient (Wildman–Crippen LogP) is 2.29. The first kappa shape index (κ1) is 14.2. The molecule has 0 radical (unpaired) electrons. The first-order valence-electron chi connectivity index (χ1n) is 5.76. The standard InChI is InChI=1S/C14H12O5S/c15-14(11-6-2-1-3-7-11)19-13-9-5-4-8-12(13)10-20(16,17)18/h1-9H,10H2,(H,16,17,18). The number of ether oxygens (including phenoxy) is 1. The van der Waals surface area contributed by atoms with Gasteiger partial charge in [-0.3, -0.25) is 4.55 Å². The van der Waals surface area contributed by atoms with Gasteiger partial charge in [0.2, 0.25) is 0 Å². The Morgan fingerprint density at radius 1 is 1.00 bits per heavy atom. The first-order chi connectivity index (χ1) is 9.46. The van der Waals surface area contributed by atoms with Gasteiger partial charge < -0.3 is 4.74 Å². The van der Waals surface area contributed by atoms with E-state index in [0.717, 1.165) is 0 Å². The van der Waals surface area contributed by atoms with E-state index in [-0.39, 0.29) is 11.3 Å². The fraction of sp³-hybridized carbons (Fsp3) is 0.0714. The lowest BCUT2D eigenvalue weighted by Crippen LogP contribution is -2.11. The third-order valence-electron chi connectivity index (χ3n) is 2.52. The lowest BCUT2D eigenvalue weighted by atomic mass is 10.2. The molecule has 0 heterocycles. The molecule has 1 N–H and O–H groups in total. The van der Waals surface area contributed by atoms with E-state index in [1.54, 1.807) is 42.5 Å². The average molecular weight is 292 g/mol. The summed E-state index contributed by atoms with van der Waals surface area (Å²) in [7, 11) is -4.19. The molecule has 2 aromatic rings.